The zero-order valence-corrected chi connectivity index (χ0v) is 18.7. The van der Waals surface area contributed by atoms with Gasteiger partial charge in [0.05, 0.1) is 0 Å². The Kier molecular flexibility index (Phi) is 6.04. The van der Waals surface area contributed by atoms with Gasteiger partial charge in [-0.05, 0) is 35.6 Å². The number of nitrogens with one attached hydrogen (secondary N) is 2. The molecule has 0 aliphatic heterocycles. The first-order valence-electron chi connectivity index (χ1n) is 11.4. The molecule has 1 unspecified atom stereocenters. The lowest BCUT2D eigenvalue weighted by atomic mass is 10.0. The van der Waals surface area contributed by atoms with Crippen molar-refractivity contribution in [1.29, 1.82) is 0 Å². The summed E-state index contributed by atoms with van der Waals surface area (Å²) in [6.45, 7) is 0.121. The van der Waals surface area contributed by atoms with Gasteiger partial charge in [0, 0.05) is 23.5 Å². The second-order valence-corrected chi connectivity index (χ2v) is 8.60. The van der Waals surface area contributed by atoms with E-state index in [2.05, 4.69) is 10.3 Å². The Labute approximate surface area is 197 Å². The molecule has 5 rings (SSSR count). The van der Waals surface area contributed by atoms with Gasteiger partial charge in [0.25, 0.3) is 0 Å². The fraction of sp³-hybridized carbons (Fsp3) is 0.214. The minimum absolute atomic E-state index is 0.121. The third kappa shape index (κ3) is 4.81. The van der Waals surface area contributed by atoms with E-state index < -0.39 is 23.7 Å². The fourth-order valence-electron chi connectivity index (χ4n) is 4.19. The van der Waals surface area contributed by atoms with Crippen LogP contribution >= 0.6 is 0 Å². The van der Waals surface area contributed by atoms with Gasteiger partial charge < -0.3 is 19.8 Å². The van der Waals surface area contributed by atoms with Gasteiger partial charge in [0.1, 0.15) is 18.2 Å². The van der Waals surface area contributed by atoms with Gasteiger partial charge in [-0.15, -0.1) is 0 Å². The zero-order chi connectivity index (χ0) is 23.4. The molecule has 1 aliphatic carbocycles. The highest BCUT2D eigenvalue weighted by atomic mass is 16.6. The molecule has 0 bridgehead atoms. The van der Waals surface area contributed by atoms with Crippen LogP contribution in [0.2, 0.25) is 0 Å². The smallest absolute Gasteiger partial charge is 0.408 e. The molecule has 4 aromatic rings. The summed E-state index contributed by atoms with van der Waals surface area (Å²) in [7, 11) is 0. The molecular weight excluding hydrogens is 428 g/mol. The van der Waals surface area contributed by atoms with Gasteiger partial charge in [0.15, 0.2) is 0 Å². The van der Waals surface area contributed by atoms with Crippen LogP contribution in [0.1, 0.15) is 29.5 Å². The van der Waals surface area contributed by atoms with Crippen LogP contribution in [0.5, 0.6) is 0 Å². The topological polar surface area (TPSA) is 80.4 Å². The largest absolute Gasteiger partial charge is 0.453 e. The second kappa shape index (κ2) is 9.43. The van der Waals surface area contributed by atoms with Crippen molar-refractivity contribution < 1.29 is 19.1 Å². The molecule has 0 radical (unpaired) electrons. The van der Waals surface area contributed by atoms with Crippen LogP contribution < -0.4 is 5.32 Å². The van der Waals surface area contributed by atoms with Crippen LogP contribution in [0.4, 0.5) is 4.79 Å². The van der Waals surface area contributed by atoms with Crippen molar-refractivity contribution in [3.05, 3.63) is 108 Å². The van der Waals surface area contributed by atoms with E-state index in [1.807, 2.05) is 91.1 Å². The molecule has 1 atom stereocenters. The number of carbonyl (C=O) groups is 2. The minimum Gasteiger partial charge on any atom is -0.453 e. The summed E-state index contributed by atoms with van der Waals surface area (Å²) in [5.74, 6) is -0.469. The van der Waals surface area contributed by atoms with Gasteiger partial charge >= 0.3 is 12.1 Å². The number of ether oxygens (including phenoxy) is 2. The normalized spacial score (nSPS) is 14.8. The number of benzene rings is 3. The predicted molar refractivity (Wildman–Crippen MR) is 129 cm³/mol. The number of amides is 1. The lowest BCUT2D eigenvalue weighted by Crippen LogP contribution is -2.44. The number of rotatable bonds is 8. The molecule has 1 aliphatic rings. The molecule has 2 N–H and O–H groups in total. The number of fused-ring (bicyclic) bond motifs is 1. The van der Waals surface area contributed by atoms with Crippen LogP contribution in [-0.4, -0.2) is 23.1 Å². The van der Waals surface area contributed by atoms with E-state index in [-0.39, 0.29) is 13.0 Å². The molecule has 1 saturated carbocycles. The van der Waals surface area contributed by atoms with Crippen molar-refractivity contribution in [3.63, 3.8) is 0 Å². The standard InChI is InChI=1S/C28H26N2O4/c31-26(34-28(15-16-28)22-11-5-2-6-12-22)25(17-21-18-29-24-14-8-7-13-23(21)24)30-27(32)33-19-20-9-3-1-4-10-20/h1-14,18,25,29H,15-17,19H2,(H,30,32). The molecule has 34 heavy (non-hydrogen) atoms. The average molecular weight is 455 g/mol. The van der Waals surface area contributed by atoms with Crippen molar-refractivity contribution in [2.45, 2.75) is 37.5 Å². The Morgan fingerprint density at radius 1 is 0.912 bits per heavy atom. The van der Waals surface area contributed by atoms with E-state index >= 15 is 0 Å². The van der Waals surface area contributed by atoms with Gasteiger partial charge in [-0.3, -0.25) is 0 Å². The van der Waals surface area contributed by atoms with Gasteiger partial charge in [-0.2, -0.15) is 0 Å². The minimum atomic E-state index is -0.885. The maximum Gasteiger partial charge on any atom is 0.408 e. The number of H-pyrrole nitrogens is 1. The van der Waals surface area contributed by atoms with Crippen LogP contribution in [0, 0.1) is 0 Å². The molecule has 172 valence electrons. The zero-order valence-electron chi connectivity index (χ0n) is 18.7. The summed E-state index contributed by atoms with van der Waals surface area (Å²) in [6, 6.07) is 26.1. The molecule has 1 aromatic heterocycles. The molecule has 6 nitrogen and oxygen atoms in total. The first-order chi connectivity index (χ1) is 16.6. The van der Waals surface area contributed by atoms with Gasteiger partial charge in [-0.25, -0.2) is 9.59 Å². The van der Waals surface area contributed by atoms with Crippen LogP contribution in [0.25, 0.3) is 10.9 Å². The van der Waals surface area contributed by atoms with E-state index in [9.17, 15) is 9.59 Å². The molecule has 0 saturated heterocycles. The Morgan fingerprint density at radius 3 is 2.32 bits per heavy atom. The number of hydrogen-bond donors (Lipinski definition) is 2. The third-order valence-electron chi connectivity index (χ3n) is 6.19. The van der Waals surface area contributed by atoms with E-state index in [0.717, 1.165) is 40.4 Å². The molecule has 1 heterocycles. The summed E-state index contributed by atoms with van der Waals surface area (Å²) in [4.78, 5) is 29.2. The predicted octanol–water partition coefficient (Wildman–Crippen LogP) is 5.24. The second-order valence-electron chi connectivity index (χ2n) is 8.60. The number of alkyl carbamates (subject to hydrolysis) is 1. The number of aromatic nitrogens is 1. The number of para-hydroxylation sites is 1. The Hall–Kier alpha value is -4.06. The quantitative estimate of drug-likeness (QED) is 0.357. The Morgan fingerprint density at radius 2 is 1.59 bits per heavy atom. The van der Waals surface area contributed by atoms with E-state index in [0.29, 0.717) is 0 Å². The van der Waals surface area contributed by atoms with Crippen molar-refractivity contribution >= 4 is 23.0 Å². The Bertz CT molecular complexity index is 1280. The maximum atomic E-state index is 13.3. The van der Waals surface area contributed by atoms with Crippen LogP contribution in [-0.2, 0) is 32.9 Å². The lowest BCUT2D eigenvalue weighted by molar-refractivity contribution is -0.154. The van der Waals surface area contributed by atoms with Gasteiger partial charge in [-0.1, -0.05) is 78.9 Å². The van der Waals surface area contributed by atoms with Crippen LogP contribution in [0.3, 0.4) is 0 Å². The Balaban J connectivity index is 1.33. The van der Waals surface area contributed by atoms with Crippen molar-refractivity contribution in [1.82, 2.24) is 10.3 Å². The lowest BCUT2D eigenvalue weighted by Gasteiger charge is -2.22. The van der Waals surface area contributed by atoms with E-state index in [1.165, 1.54) is 0 Å². The summed E-state index contributed by atoms with van der Waals surface area (Å²) in [6.07, 6.45) is 3.03. The van der Waals surface area contributed by atoms with E-state index in [4.69, 9.17) is 9.47 Å². The highest BCUT2D eigenvalue weighted by molar-refractivity contribution is 5.86. The fourth-order valence-corrected chi connectivity index (χ4v) is 4.19. The monoisotopic (exact) mass is 454 g/mol. The highest BCUT2D eigenvalue weighted by Crippen LogP contribution is 2.49. The first kappa shape index (κ1) is 21.8. The maximum absolute atomic E-state index is 13.3. The molecular formula is C28H26N2O4. The molecule has 3 aromatic carbocycles. The third-order valence-corrected chi connectivity index (χ3v) is 6.19. The molecule has 1 amide bonds. The summed E-state index contributed by atoms with van der Waals surface area (Å²) in [5, 5.41) is 3.75. The number of esters is 1. The summed E-state index contributed by atoms with van der Waals surface area (Å²) in [5.41, 5.74) is 3.12. The van der Waals surface area contributed by atoms with E-state index in [1.54, 1.807) is 0 Å². The number of hydrogen-bond acceptors (Lipinski definition) is 4. The number of carbonyl (C=O) groups excluding carboxylic acids is 2. The highest BCUT2D eigenvalue weighted by Gasteiger charge is 2.49. The van der Waals surface area contributed by atoms with Crippen molar-refractivity contribution in [2.24, 2.45) is 0 Å². The summed E-state index contributed by atoms with van der Waals surface area (Å²) < 4.78 is 11.4. The van der Waals surface area contributed by atoms with Crippen LogP contribution in [0.15, 0.2) is 91.1 Å². The molecule has 1 fully saturated rings. The van der Waals surface area contributed by atoms with Gasteiger partial charge in [0.2, 0.25) is 0 Å². The SMILES string of the molecule is O=C(NC(Cc1c[nH]c2ccccc12)C(=O)OC1(c2ccccc2)CC1)OCc1ccccc1. The number of aromatic amines is 1. The van der Waals surface area contributed by atoms with Crippen molar-refractivity contribution in [3.8, 4) is 0 Å². The van der Waals surface area contributed by atoms with Crippen molar-refractivity contribution in [2.75, 3.05) is 0 Å². The molecule has 0 spiro atoms. The molecule has 6 heteroatoms. The average Bonchev–Trinajstić information content (AvgIpc) is 3.55. The summed E-state index contributed by atoms with van der Waals surface area (Å²) >= 11 is 0. The first-order valence-corrected chi connectivity index (χ1v) is 11.4.